The minimum atomic E-state index is -3.90. The number of carbonyl (C=O) groups is 1. The highest BCUT2D eigenvalue weighted by molar-refractivity contribution is 7.92. The van der Waals surface area contributed by atoms with Gasteiger partial charge in [0.05, 0.1) is 5.02 Å². The number of likely N-dealkylation sites (tertiary alicyclic amines) is 1. The second kappa shape index (κ2) is 10.0. The number of anilines is 1. The maximum absolute atomic E-state index is 12.6. The summed E-state index contributed by atoms with van der Waals surface area (Å²) in [6, 6.07) is 10.7. The first-order valence-electron chi connectivity index (χ1n) is 9.89. The number of benzene rings is 2. The molecule has 6 nitrogen and oxygen atoms in total. The van der Waals surface area contributed by atoms with Gasteiger partial charge in [-0.05, 0) is 68.3 Å². The van der Waals surface area contributed by atoms with Gasteiger partial charge in [0.25, 0.3) is 15.9 Å². The molecule has 2 aromatic rings. The number of halogens is 2. The maximum atomic E-state index is 12.6. The van der Waals surface area contributed by atoms with Crippen LogP contribution in [0, 0.1) is 0 Å². The van der Waals surface area contributed by atoms with Crippen LogP contribution in [-0.4, -0.2) is 44.9 Å². The molecule has 9 heteroatoms. The Kier molecular flexibility index (Phi) is 7.63. The molecule has 0 saturated carbocycles. The van der Waals surface area contributed by atoms with Gasteiger partial charge in [-0.3, -0.25) is 9.52 Å². The highest BCUT2D eigenvalue weighted by Crippen LogP contribution is 2.27. The van der Waals surface area contributed by atoms with Crippen LogP contribution in [0.3, 0.4) is 0 Å². The Labute approximate surface area is 187 Å². The van der Waals surface area contributed by atoms with Gasteiger partial charge in [-0.2, -0.15) is 0 Å². The fraction of sp³-hybridized carbons (Fsp3) is 0.381. The fourth-order valence-electron chi connectivity index (χ4n) is 3.47. The number of rotatable bonds is 7. The van der Waals surface area contributed by atoms with Crippen molar-refractivity contribution in [1.29, 1.82) is 0 Å². The lowest BCUT2D eigenvalue weighted by atomic mass is 10.0. The molecule has 1 saturated heterocycles. The first kappa shape index (κ1) is 22.9. The van der Waals surface area contributed by atoms with Crippen molar-refractivity contribution in [3.05, 3.63) is 58.1 Å². The topological polar surface area (TPSA) is 78.5 Å². The van der Waals surface area contributed by atoms with Crippen LogP contribution in [0.25, 0.3) is 0 Å². The van der Waals surface area contributed by atoms with Gasteiger partial charge in [-0.15, -0.1) is 0 Å². The van der Waals surface area contributed by atoms with Gasteiger partial charge in [-0.25, -0.2) is 8.42 Å². The molecule has 0 atom stereocenters. The number of sulfonamides is 1. The predicted octanol–water partition coefficient (Wildman–Crippen LogP) is 4.40. The van der Waals surface area contributed by atoms with Crippen molar-refractivity contribution < 1.29 is 13.2 Å². The summed E-state index contributed by atoms with van der Waals surface area (Å²) in [7, 11) is -3.90. The number of amides is 1. The Bertz CT molecular complexity index is 989. The average Bonchev–Trinajstić information content (AvgIpc) is 2.71. The van der Waals surface area contributed by atoms with E-state index < -0.39 is 10.0 Å². The molecule has 2 aromatic carbocycles. The van der Waals surface area contributed by atoms with E-state index in [1.165, 1.54) is 18.2 Å². The van der Waals surface area contributed by atoms with Crippen molar-refractivity contribution >= 4 is 44.8 Å². The van der Waals surface area contributed by atoms with E-state index in [-0.39, 0.29) is 26.9 Å². The van der Waals surface area contributed by atoms with Crippen molar-refractivity contribution in [3.8, 4) is 0 Å². The zero-order valence-electron chi connectivity index (χ0n) is 16.7. The Balaban J connectivity index is 1.61. The monoisotopic (exact) mass is 469 g/mol. The fourth-order valence-corrected chi connectivity index (χ4v) is 5.29. The van der Waals surface area contributed by atoms with E-state index in [1.54, 1.807) is 24.3 Å². The number of hydrogen-bond donors (Lipinski definition) is 2. The predicted molar refractivity (Wildman–Crippen MR) is 121 cm³/mol. The first-order chi connectivity index (χ1) is 14.3. The molecule has 0 unspecified atom stereocenters. The summed E-state index contributed by atoms with van der Waals surface area (Å²) in [5.41, 5.74) is 0.810. The summed E-state index contributed by atoms with van der Waals surface area (Å²) in [5.74, 6) is -0.156. The lowest BCUT2D eigenvalue weighted by Gasteiger charge is -2.32. The largest absolute Gasteiger partial charge is 0.349 e. The normalized spacial score (nSPS) is 15.7. The molecule has 0 bridgehead atoms. The van der Waals surface area contributed by atoms with Gasteiger partial charge in [-0.1, -0.05) is 30.1 Å². The van der Waals surface area contributed by atoms with Crippen LogP contribution in [0.5, 0.6) is 0 Å². The van der Waals surface area contributed by atoms with Crippen LogP contribution in [-0.2, 0) is 10.0 Å². The third-order valence-electron chi connectivity index (χ3n) is 5.04. The Morgan fingerprint density at radius 1 is 1.10 bits per heavy atom. The van der Waals surface area contributed by atoms with Crippen molar-refractivity contribution in [2.24, 2.45) is 0 Å². The number of nitrogens with zero attached hydrogens (tertiary/aromatic N) is 1. The second-order valence-corrected chi connectivity index (χ2v) is 9.84. The van der Waals surface area contributed by atoms with Crippen molar-refractivity contribution in [2.45, 2.75) is 37.1 Å². The first-order valence-corrected chi connectivity index (χ1v) is 12.1. The molecule has 1 aliphatic rings. The minimum absolute atomic E-state index is 0.0767. The van der Waals surface area contributed by atoms with Crippen LogP contribution < -0.4 is 10.0 Å². The van der Waals surface area contributed by atoms with E-state index in [4.69, 9.17) is 23.2 Å². The van der Waals surface area contributed by atoms with Gasteiger partial charge >= 0.3 is 0 Å². The average molecular weight is 470 g/mol. The van der Waals surface area contributed by atoms with Gasteiger partial charge in [0.2, 0.25) is 0 Å². The van der Waals surface area contributed by atoms with E-state index in [1.807, 2.05) is 0 Å². The third kappa shape index (κ3) is 5.88. The third-order valence-corrected chi connectivity index (χ3v) is 7.14. The van der Waals surface area contributed by atoms with Gasteiger partial charge in [0.15, 0.2) is 0 Å². The zero-order chi connectivity index (χ0) is 21.7. The number of carbonyl (C=O) groups excluding carboxylic acids is 1. The standard InChI is InChI=1S/C21H25Cl2N3O3S/c1-2-11-26-12-9-17(10-13-26)24-21(27)15-3-6-18(7-4-15)25-30(28,29)20-14-16(22)5-8-19(20)23/h3-8,14,17,25H,2,9-13H2,1H3,(H,24,27). The van der Waals surface area contributed by atoms with Gasteiger partial charge < -0.3 is 10.2 Å². The highest BCUT2D eigenvalue weighted by atomic mass is 35.5. The maximum Gasteiger partial charge on any atom is 0.263 e. The molecular formula is C21H25Cl2N3O3S. The molecule has 2 N–H and O–H groups in total. The second-order valence-electron chi connectivity index (χ2n) is 7.35. The molecule has 1 aliphatic heterocycles. The summed E-state index contributed by atoms with van der Waals surface area (Å²) in [6.45, 7) is 5.25. The van der Waals surface area contributed by atoms with E-state index >= 15 is 0 Å². The van der Waals surface area contributed by atoms with Crippen molar-refractivity contribution in [1.82, 2.24) is 10.2 Å². The molecule has 0 spiro atoms. The molecule has 162 valence electrons. The van der Waals surface area contributed by atoms with Crippen molar-refractivity contribution in [2.75, 3.05) is 24.4 Å². The molecule has 1 amide bonds. The molecule has 1 heterocycles. The molecule has 1 fully saturated rings. The summed E-state index contributed by atoms with van der Waals surface area (Å²) in [5, 5.41) is 3.42. The van der Waals surface area contributed by atoms with Crippen LogP contribution in [0.1, 0.15) is 36.5 Å². The Morgan fingerprint density at radius 2 is 1.77 bits per heavy atom. The zero-order valence-corrected chi connectivity index (χ0v) is 19.0. The van der Waals surface area contributed by atoms with E-state index in [2.05, 4.69) is 21.9 Å². The van der Waals surface area contributed by atoms with E-state index in [0.717, 1.165) is 38.9 Å². The number of hydrogen-bond acceptors (Lipinski definition) is 4. The molecule has 0 aromatic heterocycles. The van der Waals surface area contributed by atoms with Crippen LogP contribution in [0.15, 0.2) is 47.4 Å². The number of piperidine rings is 1. The minimum Gasteiger partial charge on any atom is -0.349 e. The summed E-state index contributed by atoms with van der Waals surface area (Å²) in [6.07, 6.45) is 3.00. The quantitative estimate of drug-likeness (QED) is 0.629. The lowest BCUT2D eigenvalue weighted by molar-refractivity contribution is 0.0911. The van der Waals surface area contributed by atoms with Crippen molar-refractivity contribution in [3.63, 3.8) is 0 Å². The van der Waals surface area contributed by atoms with Crippen LogP contribution >= 0.6 is 23.2 Å². The van der Waals surface area contributed by atoms with E-state index in [0.29, 0.717) is 11.3 Å². The summed E-state index contributed by atoms with van der Waals surface area (Å²) >= 11 is 11.9. The molecule has 3 rings (SSSR count). The number of nitrogens with one attached hydrogen (secondary N) is 2. The van der Waals surface area contributed by atoms with Crippen LogP contribution in [0.4, 0.5) is 5.69 Å². The smallest absolute Gasteiger partial charge is 0.263 e. The SMILES string of the molecule is CCCN1CCC(NC(=O)c2ccc(NS(=O)(=O)c3cc(Cl)ccc3Cl)cc2)CC1. The summed E-state index contributed by atoms with van der Waals surface area (Å²) in [4.78, 5) is 14.8. The molecule has 0 aliphatic carbocycles. The Hall–Kier alpha value is -1.80. The van der Waals surface area contributed by atoms with Gasteiger partial charge in [0, 0.05) is 35.4 Å². The highest BCUT2D eigenvalue weighted by Gasteiger charge is 2.21. The van der Waals surface area contributed by atoms with Crippen LogP contribution in [0.2, 0.25) is 10.0 Å². The Morgan fingerprint density at radius 3 is 2.40 bits per heavy atom. The van der Waals surface area contributed by atoms with Gasteiger partial charge in [0.1, 0.15) is 4.90 Å². The molecular weight excluding hydrogens is 445 g/mol. The molecule has 30 heavy (non-hydrogen) atoms. The molecule has 0 radical (unpaired) electrons. The summed E-state index contributed by atoms with van der Waals surface area (Å²) < 4.78 is 27.6. The lowest BCUT2D eigenvalue weighted by Crippen LogP contribution is -2.44. The van der Waals surface area contributed by atoms with E-state index in [9.17, 15) is 13.2 Å².